The van der Waals surface area contributed by atoms with Crippen molar-refractivity contribution in [3.8, 4) is 11.1 Å². The Bertz CT molecular complexity index is 1040. The van der Waals surface area contributed by atoms with Crippen molar-refractivity contribution < 1.29 is 29.0 Å². The van der Waals surface area contributed by atoms with Crippen LogP contribution in [0.3, 0.4) is 0 Å². The monoisotopic (exact) mass is 451 g/mol. The van der Waals surface area contributed by atoms with Crippen LogP contribution in [0.4, 0.5) is 4.79 Å². The van der Waals surface area contributed by atoms with E-state index < -0.39 is 30.4 Å². The molecule has 4 rings (SSSR count). The third kappa shape index (κ3) is 5.31. The van der Waals surface area contributed by atoms with Crippen LogP contribution in [0.2, 0.25) is 0 Å². The van der Waals surface area contributed by atoms with Gasteiger partial charge in [0.05, 0.1) is 6.54 Å². The predicted octanol–water partition coefficient (Wildman–Crippen LogP) is 1.72. The third-order valence-electron chi connectivity index (χ3n) is 5.79. The van der Waals surface area contributed by atoms with Gasteiger partial charge in [0.25, 0.3) is 0 Å². The molecule has 0 spiro atoms. The van der Waals surface area contributed by atoms with E-state index in [9.17, 15) is 19.2 Å². The fraction of sp³-hybridized carbons (Fsp3) is 0.333. The van der Waals surface area contributed by atoms with Gasteiger partial charge >= 0.3 is 12.1 Å². The molecule has 0 heterocycles. The van der Waals surface area contributed by atoms with Gasteiger partial charge in [-0.2, -0.15) is 0 Å². The molecule has 0 radical (unpaired) electrons. The summed E-state index contributed by atoms with van der Waals surface area (Å²) in [7, 11) is 0. The highest BCUT2D eigenvalue weighted by molar-refractivity contribution is 5.89. The Kier molecular flexibility index (Phi) is 6.58. The summed E-state index contributed by atoms with van der Waals surface area (Å²) in [6, 6.07) is 15.9. The lowest BCUT2D eigenvalue weighted by atomic mass is 9.98. The predicted molar refractivity (Wildman–Crippen MR) is 118 cm³/mol. The Morgan fingerprint density at radius 1 is 0.909 bits per heavy atom. The van der Waals surface area contributed by atoms with Gasteiger partial charge in [0.1, 0.15) is 19.7 Å². The molecule has 172 valence electrons. The number of carbonyl (C=O) groups is 4. The molecule has 2 aliphatic carbocycles. The number of hydrogen-bond acceptors (Lipinski definition) is 5. The fourth-order valence-corrected chi connectivity index (χ4v) is 4.09. The molecule has 9 heteroatoms. The van der Waals surface area contributed by atoms with Crippen LogP contribution in [0, 0.1) is 0 Å². The molecule has 1 fully saturated rings. The molecule has 0 atom stereocenters. The summed E-state index contributed by atoms with van der Waals surface area (Å²) in [5.74, 6) is -2.21. The van der Waals surface area contributed by atoms with E-state index >= 15 is 0 Å². The maximum Gasteiger partial charge on any atom is 0.407 e. The summed E-state index contributed by atoms with van der Waals surface area (Å²) >= 11 is 0. The molecule has 0 saturated heterocycles. The van der Waals surface area contributed by atoms with E-state index in [0.29, 0.717) is 0 Å². The van der Waals surface area contributed by atoms with Gasteiger partial charge in [0.2, 0.25) is 11.8 Å². The number of ether oxygens (including phenoxy) is 1. The Morgan fingerprint density at radius 3 is 2.09 bits per heavy atom. The van der Waals surface area contributed by atoms with Gasteiger partial charge in [-0.15, -0.1) is 0 Å². The topological polar surface area (TPSA) is 125 Å². The van der Waals surface area contributed by atoms with Crippen LogP contribution in [0.15, 0.2) is 48.5 Å². The molecular formula is C24H25N3O6. The number of fused-ring (bicyclic) bond motifs is 3. The molecule has 3 amide bonds. The molecular weight excluding hydrogens is 426 g/mol. The van der Waals surface area contributed by atoms with Crippen molar-refractivity contribution in [2.45, 2.75) is 24.8 Å². The van der Waals surface area contributed by atoms with Gasteiger partial charge in [-0.25, -0.2) is 4.79 Å². The van der Waals surface area contributed by atoms with Crippen molar-refractivity contribution in [3.05, 3.63) is 59.7 Å². The van der Waals surface area contributed by atoms with Crippen molar-refractivity contribution in [1.29, 1.82) is 0 Å². The number of aliphatic carboxylic acids is 1. The molecule has 0 aromatic heterocycles. The molecule has 0 bridgehead atoms. The number of hydrogen-bond donors (Lipinski definition) is 3. The molecule has 2 aliphatic rings. The highest BCUT2D eigenvalue weighted by Gasteiger charge is 2.33. The quantitative estimate of drug-likeness (QED) is 0.533. The van der Waals surface area contributed by atoms with Crippen LogP contribution in [-0.2, 0) is 19.1 Å². The number of carbonyl (C=O) groups excluding carboxylic acids is 3. The van der Waals surface area contributed by atoms with E-state index in [1.807, 2.05) is 48.5 Å². The summed E-state index contributed by atoms with van der Waals surface area (Å²) in [4.78, 5) is 48.5. The van der Waals surface area contributed by atoms with Crippen LogP contribution in [0.5, 0.6) is 0 Å². The van der Waals surface area contributed by atoms with Crippen LogP contribution < -0.4 is 10.6 Å². The highest BCUT2D eigenvalue weighted by atomic mass is 16.5. The Morgan fingerprint density at radius 2 is 1.52 bits per heavy atom. The van der Waals surface area contributed by atoms with Gasteiger partial charge in [-0.1, -0.05) is 48.5 Å². The van der Waals surface area contributed by atoms with Crippen molar-refractivity contribution in [2.24, 2.45) is 0 Å². The number of amides is 3. The average molecular weight is 451 g/mol. The molecule has 0 unspecified atom stereocenters. The van der Waals surface area contributed by atoms with Gasteiger partial charge in [-0.3, -0.25) is 14.4 Å². The average Bonchev–Trinajstić information content (AvgIpc) is 3.60. The van der Waals surface area contributed by atoms with Gasteiger partial charge < -0.3 is 25.4 Å². The number of benzene rings is 2. The maximum absolute atomic E-state index is 12.2. The van der Waals surface area contributed by atoms with Crippen molar-refractivity contribution >= 4 is 23.9 Å². The Balaban J connectivity index is 1.23. The minimum atomic E-state index is -1.10. The van der Waals surface area contributed by atoms with Crippen molar-refractivity contribution in [2.75, 3.05) is 26.2 Å². The third-order valence-corrected chi connectivity index (χ3v) is 5.79. The zero-order valence-electron chi connectivity index (χ0n) is 18.0. The zero-order chi connectivity index (χ0) is 23.4. The van der Waals surface area contributed by atoms with Gasteiger partial charge in [0, 0.05) is 12.0 Å². The Labute approximate surface area is 190 Å². The smallest absolute Gasteiger partial charge is 0.407 e. The molecule has 1 saturated carbocycles. The largest absolute Gasteiger partial charge is 0.480 e. The van der Waals surface area contributed by atoms with Gasteiger partial charge in [-0.05, 0) is 35.1 Å². The second kappa shape index (κ2) is 9.72. The minimum Gasteiger partial charge on any atom is -0.480 e. The highest BCUT2D eigenvalue weighted by Crippen LogP contribution is 2.44. The Hall–Kier alpha value is -3.88. The standard InChI is InChI=1S/C24H25N3O6/c28-21(25-12-22(29)27(13-23(30)31)15-9-10-15)11-26-24(32)33-14-20-18-7-3-1-5-16(18)17-6-2-4-8-19(17)20/h1-8,15,20H,9-14H2,(H,25,28)(H,26,32)(H,30,31). The number of carboxylic acids is 1. The number of alkyl carbamates (subject to hydrolysis) is 1. The summed E-state index contributed by atoms with van der Waals surface area (Å²) in [6.45, 7) is -0.940. The summed E-state index contributed by atoms with van der Waals surface area (Å²) < 4.78 is 5.37. The first-order chi connectivity index (χ1) is 15.9. The van der Waals surface area contributed by atoms with E-state index in [0.717, 1.165) is 35.1 Å². The van der Waals surface area contributed by atoms with Crippen LogP contribution in [-0.4, -0.2) is 66.2 Å². The molecule has 9 nitrogen and oxygen atoms in total. The van der Waals surface area contributed by atoms with E-state index in [1.165, 1.54) is 4.90 Å². The van der Waals surface area contributed by atoms with Crippen molar-refractivity contribution in [1.82, 2.24) is 15.5 Å². The molecule has 33 heavy (non-hydrogen) atoms. The fourth-order valence-electron chi connectivity index (χ4n) is 4.09. The lowest BCUT2D eigenvalue weighted by molar-refractivity contribution is -0.144. The number of nitrogens with one attached hydrogen (secondary N) is 2. The van der Waals surface area contributed by atoms with Crippen LogP contribution >= 0.6 is 0 Å². The van der Waals surface area contributed by atoms with E-state index in [1.54, 1.807) is 0 Å². The van der Waals surface area contributed by atoms with Crippen LogP contribution in [0.1, 0.15) is 29.9 Å². The van der Waals surface area contributed by atoms with Crippen LogP contribution in [0.25, 0.3) is 11.1 Å². The minimum absolute atomic E-state index is 0.0792. The lowest BCUT2D eigenvalue weighted by Gasteiger charge is -2.20. The maximum atomic E-state index is 12.2. The molecule has 2 aromatic rings. The number of carboxylic acid groups (broad SMARTS) is 1. The molecule has 3 N–H and O–H groups in total. The number of nitrogens with zero attached hydrogens (tertiary/aromatic N) is 1. The SMILES string of the molecule is O=C(O)CN(C(=O)CNC(=O)CNC(=O)OCC1c2ccccc2-c2ccccc21)C1CC1. The van der Waals surface area contributed by atoms with E-state index in [-0.39, 0.29) is 31.7 Å². The van der Waals surface area contributed by atoms with E-state index in [4.69, 9.17) is 9.84 Å². The number of rotatable bonds is 9. The summed E-state index contributed by atoms with van der Waals surface area (Å²) in [5.41, 5.74) is 4.41. The lowest BCUT2D eigenvalue weighted by Crippen LogP contribution is -2.45. The normalized spacial score (nSPS) is 14.1. The second-order valence-electron chi connectivity index (χ2n) is 8.10. The molecule has 2 aromatic carbocycles. The van der Waals surface area contributed by atoms with E-state index in [2.05, 4.69) is 10.6 Å². The summed E-state index contributed by atoms with van der Waals surface area (Å²) in [6.07, 6.45) is 0.788. The first-order valence-corrected chi connectivity index (χ1v) is 10.8. The first-order valence-electron chi connectivity index (χ1n) is 10.8. The van der Waals surface area contributed by atoms with Crippen molar-refractivity contribution in [3.63, 3.8) is 0 Å². The first kappa shape index (κ1) is 22.3. The second-order valence-corrected chi connectivity index (χ2v) is 8.10. The van der Waals surface area contributed by atoms with Gasteiger partial charge in [0.15, 0.2) is 0 Å². The zero-order valence-corrected chi connectivity index (χ0v) is 18.0. The molecule has 0 aliphatic heterocycles. The summed E-state index contributed by atoms with van der Waals surface area (Å²) in [5, 5.41) is 13.7.